The highest BCUT2D eigenvalue weighted by atomic mass is 32.1. The standard InChI is InChI=1S/C21H22N2O3S/c1-14-6-5-9-16(10-14)26-19(24)12-23-13-22-20-17(21(23)25)11-18(27-20)15-7-3-2-4-8-15/h2-4,7-8,11,13-14,16H,5-6,9-10,12H2,1H3/t14-,16+/m0/s1. The van der Waals surface area contributed by atoms with Gasteiger partial charge < -0.3 is 4.74 Å². The third-order valence-electron chi connectivity index (χ3n) is 5.06. The molecule has 1 aliphatic rings. The Balaban J connectivity index is 1.53. The molecule has 1 aromatic carbocycles. The second-order valence-corrected chi connectivity index (χ2v) is 8.29. The number of aromatic nitrogens is 2. The van der Waals surface area contributed by atoms with Crippen LogP contribution in [0.25, 0.3) is 20.7 Å². The quantitative estimate of drug-likeness (QED) is 0.633. The summed E-state index contributed by atoms with van der Waals surface area (Å²) < 4.78 is 6.93. The first kappa shape index (κ1) is 17.9. The molecule has 0 amide bonds. The molecule has 0 radical (unpaired) electrons. The van der Waals surface area contributed by atoms with Crippen molar-refractivity contribution in [2.75, 3.05) is 0 Å². The topological polar surface area (TPSA) is 61.2 Å². The lowest BCUT2D eigenvalue weighted by Gasteiger charge is -2.26. The van der Waals surface area contributed by atoms with Crippen LogP contribution in [-0.2, 0) is 16.1 Å². The lowest BCUT2D eigenvalue weighted by Crippen LogP contribution is -2.30. The van der Waals surface area contributed by atoms with Crippen LogP contribution in [0.2, 0.25) is 0 Å². The van der Waals surface area contributed by atoms with Gasteiger partial charge in [-0.05, 0) is 36.8 Å². The van der Waals surface area contributed by atoms with E-state index in [0.29, 0.717) is 16.1 Å². The summed E-state index contributed by atoms with van der Waals surface area (Å²) in [6.07, 6.45) is 5.51. The predicted octanol–water partition coefficient (Wildman–Crippen LogP) is 4.25. The summed E-state index contributed by atoms with van der Waals surface area (Å²) in [4.78, 5) is 31.1. The van der Waals surface area contributed by atoms with E-state index in [2.05, 4.69) is 11.9 Å². The van der Waals surface area contributed by atoms with Crippen molar-refractivity contribution >= 4 is 27.5 Å². The Hall–Kier alpha value is -2.47. The van der Waals surface area contributed by atoms with Crippen molar-refractivity contribution in [2.24, 2.45) is 5.92 Å². The van der Waals surface area contributed by atoms with Crippen LogP contribution >= 0.6 is 11.3 Å². The maximum Gasteiger partial charge on any atom is 0.326 e. The minimum atomic E-state index is -0.365. The molecule has 2 aromatic heterocycles. The molecular formula is C21H22N2O3S. The van der Waals surface area contributed by atoms with Crippen LogP contribution in [0.1, 0.15) is 32.6 Å². The zero-order valence-corrected chi connectivity index (χ0v) is 16.1. The summed E-state index contributed by atoms with van der Waals surface area (Å²) in [6, 6.07) is 11.8. The number of nitrogens with zero attached hydrogens (tertiary/aromatic N) is 2. The number of rotatable bonds is 4. The van der Waals surface area contributed by atoms with Crippen LogP contribution in [0.3, 0.4) is 0 Å². The Morgan fingerprint density at radius 1 is 1.30 bits per heavy atom. The molecule has 4 rings (SSSR count). The molecule has 0 bridgehead atoms. The highest BCUT2D eigenvalue weighted by Crippen LogP contribution is 2.30. The zero-order valence-electron chi connectivity index (χ0n) is 15.3. The molecule has 0 spiro atoms. The van der Waals surface area contributed by atoms with Crippen LogP contribution < -0.4 is 5.56 Å². The van der Waals surface area contributed by atoms with Gasteiger partial charge in [-0.2, -0.15) is 0 Å². The highest BCUT2D eigenvalue weighted by molar-refractivity contribution is 7.21. The van der Waals surface area contributed by atoms with E-state index in [-0.39, 0.29) is 24.2 Å². The van der Waals surface area contributed by atoms with Crippen molar-refractivity contribution < 1.29 is 9.53 Å². The first-order valence-corrected chi connectivity index (χ1v) is 10.2. The van der Waals surface area contributed by atoms with Crippen LogP contribution in [0.4, 0.5) is 0 Å². The summed E-state index contributed by atoms with van der Waals surface area (Å²) in [5.74, 6) is 0.218. The minimum Gasteiger partial charge on any atom is -0.461 e. The predicted molar refractivity (Wildman–Crippen MR) is 107 cm³/mol. The average molecular weight is 382 g/mol. The molecule has 1 saturated carbocycles. The molecule has 2 atom stereocenters. The SMILES string of the molecule is C[C@H]1CCC[C@@H](OC(=O)Cn2cnc3sc(-c4ccccc4)cc3c2=O)C1. The number of esters is 1. The van der Waals surface area contributed by atoms with Gasteiger partial charge in [0.05, 0.1) is 11.7 Å². The second kappa shape index (κ2) is 7.64. The van der Waals surface area contributed by atoms with Crippen LogP contribution in [0, 0.1) is 5.92 Å². The van der Waals surface area contributed by atoms with Gasteiger partial charge >= 0.3 is 5.97 Å². The molecule has 0 aliphatic heterocycles. The molecule has 6 heteroatoms. The molecule has 140 valence electrons. The van der Waals surface area contributed by atoms with Gasteiger partial charge in [0.2, 0.25) is 0 Å². The van der Waals surface area contributed by atoms with Gasteiger partial charge in [-0.3, -0.25) is 14.2 Å². The number of hydrogen-bond donors (Lipinski definition) is 0. The number of fused-ring (bicyclic) bond motifs is 1. The van der Waals surface area contributed by atoms with Crippen LogP contribution in [0.15, 0.2) is 47.5 Å². The number of ether oxygens (including phenoxy) is 1. The Morgan fingerprint density at radius 2 is 2.11 bits per heavy atom. The van der Waals surface area contributed by atoms with E-state index in [1.165, 1.54) is 28.7 Å². The van der Waals surface area contributed by atoms with E-state index in [9.17, 15) is 9.59 Å². The average Bonchev–Trinajstić information content (AvgIpc) is 3.10. The summed E-state index contributed by atoms with van der Waals surface area (Å²) >= 11 is 1.48. The van der Waals surface area contributed by atoms with Gasteiger partial charge in [0.15, 0.2) is 0 Å². The summed E-state index contributed by atoms with van der Waals surface area (Å²) in [7, 11) is 0. The molecule has 5 nitrogen and oxygen atoms in total. The van der Waals surface area contributed by atoms with Crippen LogP contribution in [0.5, 0.6) is 0 Å². The number of thiophene rings is 1. The largest absolute Gasteiger partial charge is 0.461 e. The lowest BCUT2D eigenvalue weighted by atomic mass is 9.89. The molecule has 0 N–H and O–H groups in total. The van der Waals surface area contributed by atoms with Crippen molar-refractivity contribution in [1.82, 2.24) is 9.55 Å². The molecule has 0 saturated heterocycles. The lowest BCUT2D eigenvalue weighted by molar-refractivity contribution is -0.152. The highest BCUT2D eigenvalue weighted by Gasteiger charge is 2.22. The van der Waals surface area contributed by atoms with Gasteiger partial charge in [0.1, 0.15) is 17.5 Å². The Labute approximate surface area is 161 Å². The van der Waals surface area contributed by atoms with E-state index in [1.807, 2.05) is 36.4 Å². The van der Waals surface area contributed by atoms with Crippen molar-refractivity contribution in [3.8, 4) is 10.4 Å². The second-order valence-electron chi connectivity index (χ2n) is 7.26. The summed E-state index contributed by atoms with van der Waals surface area (Å²) in [6.45, 7) is 2.09. The first-order valence-electron chi connectivity index (χ1n) is 9.34. The first-order chi connectivity index (χ1) is 13.1. The Kier molecular flexibility index (Phi) is 5.07. The van der Waals surface area contributed by atoms with Gasteiger partial charge in [0.25, 0.3) is 5.56 Å². The monoisotopic (exact) mass is 382 g/mol. The zero-order chi connectivity index (χ0) is 18.8. The fourth-order valence-corrected chi connectivity index (χ4v) is 4.66. The number of hydrogen-bond acceptors (Lipinski definition) is 5. The van der Waals surface area contributed by atoms with Crippen LogP contribution in [-0.4, -0.2) is 21.6 Å². The van der Waals surface area contributed by atoms with Crippen molar-refractivity contribution in [1.29, 1.82) is 0 Å². The number of carbonyl (C=O) groups is 1. The Morgan fingerprint density at radius 3 is 2.89 bits per heavy atom. The fourth-order valence-electron chi connectivity index (χ4n) is 3.66. The van der Waals surface area contributed by atoms with Gasteiger partial charge in [-0.15, -0.1) is 11.3 Å². The van der Waals surface area contributed by atoms with Gasteiger partial charge in [-0.1, -0.05) is 43.7 Å². The molecule has 2 heterocycles. The maximum absolute atomic E-state index is 12.8. The van der Waals surface area contributed by atoms with E-state index < -0.39 is 0 Å². The van der Waals surface area contributed by atoms with E-state index in [1.54, 1.807) is 0 Å². The van der Waals surface area contributed by atoms with Crippen molar-refractivity contribution in [3.05, 3.63) is 53.1 Å². The molecule has 1 fully saturated rings. The summed E-state index contributed by atoms with van der Waals surface area (Å²) in [5.41, 5.74) is 0.852. The fraction of sp³-hybridized carbons (Fsp3) is 0.381. The molecule has 1 aliphatic carbocycles. The third-order valence-corrected chi connectivity index (χ3v) is 6.15. The molecular weight excluding hydrogens is 360 g/mol. The van der Waals surface area contributed by atoms with E-state index in [4.69, 9.17) is 4.74 Å². The normalized spacial score (nSPS) is 19.9. The minimum absolute atomic E-state index is 0.0283. The van der Waals surface area contributed by atoms with Gasteiger partial charge in [-0.25, -0.2) is 4.98 Å². The number of carbonyl (C=O) groups excluding carboxylic acids is 1. The van der Waals surface area contributed by atoms with Crippen molar-refractivity contribution in [2.45, 2.75) is 45.3 Å². The summed E-state index contributed by atoms with van der Waals surface area (Å²) in [5, 5.41) is 0.542. The van der Waals surface area contributed by atoms with E-state index >= 15 is 0 Å². The smallest absolute Gasteiger partial charge is 0.326 e. The molecule has 27 heavy (non-hydrogen) atoms. The Bertz CT molecular complexity index is 1010. The van der Waals surface area contributed by atoms with Crippen molar-refractivity contribution in [3.63, 3.8) is 0 Å². The van der Waals surface area contributed by atoms with Gasteiger partial charge in [0, 0.05) is 4.88 Å². The molecule has 0 unspecified atom stereocenters. The third kappa shape index (κ3) is 3.95. The maximum atomic E-state index is 12.8. The number of benzene rings is 1. The van der Waals surface area contributed by atoms with E-state index in [0.717, 1.165) is 29.7 Å². The molecule has 3 aromatic rings.